The molecular weight excluding hydrogens is 344 g/mol. The van der Waals surface area contributed by atoms with E-state index < -0.39 is 0 Å². The number of nitrogens with zero attached hydrogens (tertiary/aromatic N) is 6. The van der Waals surface area contributed by atoms with E-state index in [0.717, 1.165) is 76.4 Å². The van der Waals surface area contributed by atoms with E-state index in [4.69, 9.17) is 14.7 Å². The number of rotatable bonds is 6. The first kappa shape index (κ1) is 18.9. The molecule has 3 fully saturated rings. The van der Waals surface area contributed by atoms with Crippen molar-refractivity contribution in [1.82, 2.24) is 19.8 Å². The van der Waals surface area contributed by atoms with E-state index in [9.17, 15) is 5.11 Å². The van der Waals surface area contributed by atoms with Gasteiger partial charge in [-0.15, -0.1) is 0 Å². The van der Waals surface area contributed by atoms with Crippen LogP contribution in [0.4, 0.5) is 11.8 Å². The Morgan fingerprint density at radius 3 is 2.56 bits per heavy atom. The minimum atomic E-state index is -0.254. The van der Waals surface area contributed by atoms with Gasteiger partial charge in [0.25, 0.3) is 0 Å². The third-order valence-corrected chi connectivity index (χ3v) is 5.77. The summed E-state index contributed by atoms with van der Waals surface area (Å²) in [4.78, 5) is 18.9. The second kappa shape index (κ2) is 8.26. The summed E-state index contributed by atoms with van der Waals surface area (Å²) in [6.07, 6.45) is 0.771. The first-order valence-electron chi connectivity index (χ1n) is 10.1. The number of aliphatic hydroxyl groups excluding tert-OH is 1. The summed E-state index contributed by atoms with van der Waals surface area (Å²) in [7, 11) is 4.25. The Bertz CT molecular complexity index is 623. The Morgan fingerprint density at radius 2 is 1.93 bits per heavy atom. The maximum absolute atomic E-state index is 9.66. The summed E-state index contributed by atoms with van der Waals surface area (Å²) < 4.78 is 5.58. The molecule has 1 atom stereocenters. The van der Waals surface area contributed by atoms with Crippen molar-refractivity contribution in [2.45, 2.75) is 18.4 Å². The summed E-state index contributed by atoms with van der Waals surface area (Å²) in [5, 5.41) is 9.66. The molecule has 0 spiro atoms. The molecule has 0 unspecified atom stereocenters. The summed E-state index contributed by atoms with van der Waals surface area (Å²) in [6.45, 7) is 9.15. The van der Waals surface area contributed by atoms with Gasteiger partial charge in [-0.2, -0.15) is 4.98 Å². The van der Waals surface area contributed by atoms with Crippen molar-refractivity contribution < 1.29 is 9.84 Å². The third-order valence-electron chi connectivity index (χ3n) is 5.77. The SMILES string of the molecule is CN(C)CCN1CCN(c2cc([C@H]3CCOC3)nc(N3CC(O)C3)n2)CC1. The highest BCUT2D eigenvalue weighted by Crippen LogP contribution is 2.29. The fourth-order valence-corrected chi connectivity index (χ4v) is 3.88. The van der Waals surface area contributed by atoms with Crippen molar-refractivity contribution in [3.63, 3.8) is 0 Å². The van der Waals surface area contributed by atoms with E-state index in [0.29, 0.717) is 19.0 Å². The van der Waals surface area contributed by atoms with Crippen LogP contribution in [0.1, 0.15) is 18.0 Å². The number of aromatic nitrogens is 2. The van der Waals surface area contributed by atoms with Gasteiger partial charge in [0.1, 0.15) is 5.82 Å². The highest BCUT2D eigenvalue weighted by molar-refractivity contribution is 5.48. The number of hydrogen-bond acceptors (Lipinski definition) is 8. The number of aliphatic hydroxyl groups is 1. The number of anilines is 2. The zero-order valence-electron chi connectivity index (χ0n) is 16.5. The predicted octanol–water partition coefficient (Wildman–Crippen LogP) is -0.155. The van der Waals surface area contributed by atoms with E-state index in [1.165, 1.54) is 0 Å². The number of piperazine rings is 1. The molecule has 0 aliphatic carbocycles. The highest BCUT2D eigenvalue weighted by atomic mass is 16.5. The average Bonchev–Trinajstić information content (AvgIpc) is 3.19. The molecule has 4 rings (SSSR count). The smallest absolute Gasteiger partial charge is 0.227 e. The lowest BCUT2D eigenvalue weighted by Crippen LogP contribution is -2.52. The summed E-state index contributed by atoms with van der Waals surface area (Å²) >= 11 is 0. The van der Waals surface area contributed by atoms with E-state index in [2.05, 4.69) is 39.8 Å². The molecule has 0 saturated carbocycles. The summed E-state index contributed by atoms with van der Waals surface area (Å²) in [6, 6.07) is 2.16. The first-order valence-corrected chi connectivity index (χ1v) is 10.1. The van der Waals surface area contributed by atoms with Crippen LogP contribution in [0, 0.1) is 0 Å². The lowest BCUT2D eigenvalue weighted by atomic mass is 10.0. The molecule has 1 aromatic heterocycles. The second-order valence-corrected chi connectivity index (χ2v) is 8.20. The van der Waals surface area contributed by atoms with Crippen molar-refractivity contribution >= 4 is 11.8 Å². The standard InChI is InChI=1S/C19H32N6O2/c1-22(2)4-5-23-6-8-24(9-7-23)18-11-17(15-3-10-27-14-15)20-19(21-18)25-12-16(26)13-25/h11,15-16,26H,3-10,12-14H2,1-2H3/t15-/m0/s1. The molecule has 8 nitrogen and oxygen atoms in total. The third kappa shape index (κ3) is 4.51. The molecule has 1 aromatic rings. The van der Waals surface area contributed by atoms with Gasteiger partial charge in [0.05, 0.1) is 18.4 Å². The molecule has 0 radical (unpaired) electrons. The summed E-state index contributed by atoms with van der Waals surface area (Å²) in [5.74, 6) is 2.14. The maximum atomic E-state index is 9.66. The van der Waals surface area contributed by atoms with E-state index in [-0.39, 0.29) is 6.10 Å². The van der Waals surface area contributed by atoms with E-state index in [1.807, 2.05) is 0 Å². The molecule has 0 bridgehead atoms. The van der Waals surface area contributed by atoms with Crippen LogP contribution in [0.25, 0.3) is 0 Å². The second-order valence-electron chi connectivity index (χ2n) is 8.20. The van der Waals surface area contributed by atoms with Gasteiger partial charge in [-0.3, -0.25) is 4.90 Å². The van der Waals surface area contributed by atoms with Crippen LogP contribution in [0.5, 0.6) is 0 Å². The predicted molar refractivity (Wildman–Crippen MR) is 106 cm³/mol. The van der Waals surface area contributed by atoms with Gasteiger partial charge in [-0.05, 0) is 20.5 Å². The molecule has 0 aromatic carbocycles. The highest BCUT2D eigenvalue weighted by Gasteiger charge is 2.30. The zero-order chi connectivity index (χ0) is 18.8. The van der Waals surface area contributed by atoms with Gasteiger partial charge in [-0.1, -0.05) is 0 Å². The fourth-order valence-electron chi connectivity index (χ4n) is 3.88. The molecule has 3 saturated heterocycles. The Hall–Kier alpha value is -1.48. The van der Waals surface area contributed by atoms with Crippen LogP contribution >= 0.6 is 0 Å². The first-order chi connectivity index (χ1) is 13.1. The van der Waals surface area contributed by atoms with Crippen LogP contribution < -0.4 is 9.80 Å². The molecule has 3 aliphatic rings. The molecule has 0 amide bonds. The number of likely N-dealkylation sites (N-methyl/N-ethyl adjacent to an activating group) is 1. The lowest BCUT2D eigenvalue weighted by molar-refractivity contribution is 0.140. The zero-order valence-corrected chi connectivity index (χ0v) is 16.5. The van der Waals surface area contributed by atoms with Gasteiger partial charge >= 0.3 is 0 Å². The van der Waals surface area contributed by atoms with Gasteiger partial charge in [0.2, 0.25) is 5.95 Å². The van der Waals surface area contributed by atoms with Crippen molar-refractivity contribution in [3.05, 3.63) is 11.8 Å². The van der Waals surface area contributed by atoms with Crippen LogP contribution in [-0.4, -0.2) is 111 Å². The quantitative estimate of drug-likeness (QED) is 0.735. The Kier molecular flexibility index (Phi) is 5.77. The van der Waals surface area contributed by atoms with Gasteiger partial charge < -0.3 is 24.5 Å². The van der Waals surface area contributed by atoms with Crippen molar-refractivity contribution in [3.8, 4) is 0 Å². The van der Waals surface area contributed by atoms with Crippen LogP contribution in [-0.2, 0) is 4.74 Å². The Balaban J connectivity index is 1.46. The van der Waals surface area contributed by atoms with Gasteiger partial charge in [-0.25, -0.2) is 4.98 Å². The molecular formula is C19H32N6O2. The van der Waals surface area contributed by atoms with Crippen LogP contribution in [0.2, 0.25) is 0 Å². The van der Waals surface area contributed by atoms with Crippen molar-refractivity contribution in [2.75, 3.05) is 89.5 Å². The largest absolute Gasteiger partial charge is 0.389 e. The lowest BCUT2D eigenvalue weighted by Gasteiger charge is -2.38. The number of hydrogen-bond donors (Lipinski definition) is 1. The Morgan fingerprint density at radius 1 is 1.15 bits per heavy atom. The molecule has 27 heavy (non-hydrogen) atoms. The van der Waals surface area contributed by atoms with Crippen molar-refractivity contribution in [2.24, 2.45) is 0 Å². The normalized spacial score (nSPS) is 24.7. The van der Waals surface area contributed by atoms with Gasteiger partial charge in [0, 0.05) is 70.9 Å². The van der Waals surface area contributed by atoms with Crippen LogP contribution in [0.3, 0.4) is 0 Å². The summed E-state index contributed by atoms with van der Waals surface area (Å²) in [5.41, 5.74) is 1.09. The topological polar surface area (TPSA) is 68.2 Å². The van der Waals surface area contributed by atoms with Crippen molar-refractivity contribution in [1.29, 1.82) is 0 Å². The maximum Gasteiger partial charge on any atom is 0.227 e. The molecule has 150 valence electrons. The minimum absolute atomic E-state index is 0.254. The monoisotopic (exact) mass is 376 g/mol. The molecule has 8 heteroatoms. The Labute approximate surface area is 161 Å². The van der Waals surface area contributed by atoms with Gasteiger partial charge in [0.15, 0.2) is 0 Å². The minimum Gasteiger partial charge on any atom is -0.389 e. The molecule has 4 heterocycles. The fraction of sp³-hybridized carbons (Fsp3) is 0.789. The number of β-amino-alcohol motifs (C(OH)–C–C–N with tert-alkyl or cyclic N) is 1. The molecule has 1 N–H and O–H groups in total. The van der Waals surface area contributed by atoms with Crippen LogP contribution in [0.15, 0.2) is 6.07 Å². The number of ether oxygens (including phenoxy) is 1. The molecule has 3 aliphatic heterocycles. The van der Waals surface area contributed by atoms with E-state index >= 15 is 0 Å². The average molecular weight is 377 g/mol. The van der Waals surface area contributed by atoms with E-state index in [1.54, 1.807) is 0 Å².